The van der Waals surface area contributed by atoms with Crippen molar-refractivity contribution in [3.05, 3.63) is 0 Å². The highest BCUT2D eigenvalue weighted by molar-refractivity contribution is 4.96. The van der Waals surface area contributed by atoms with Gasteiger partial charge in [0, 0.05) is 25.2 Å². The zero-order valence-electron chi connectivity index (χ0n) is 12.2. The van der Waals surface area contributed by atoms with Crippen LogP contribution in [0.5, 0.6) is 0 Å². The van der Waals surface area contributed by atoms with Crippen molar-refractivity contribution in [2.24, 2.45) is 11.3 Å². The van der Waals surface area contributed by atoms with Gasteiger partial charge in [0.2, 0.25) is 0 Å². The first-order valence-corrected chi connectivity index (χ1v) is 7.18. The fourth-order valence-electron chi connectivity index (χ4n) is 2.79. The van der Waals surface area contributed by atoms with Gasteiger partial charge in [-0.05, 0) is 11.3 Å². The molecule has 106 valence electrons. The molecule has 18 heavy (non-hydrogen) atoms. The Morgan fingerprint density at radius 3 is 2.33 bits per heavy atom. The second-order valence-corrected chi connectivity index (χ2v) is 6.48. The van der Waals surface area contributed by atoms with E-state index in [0.29, 0.717) is 24.1 Å². The molecule has 2 rings (SSSR count). The van der Waals surface area contributed by atoms with Gasteiger partial charge in [0.1, 0.15) is 0 Å². The number of hydrogen-bond acceptors (Lipinski definition) is 4. The van der Waals surface area contributed by atoms with Gasteiger partial charge in [-0.15, -0.1) is 0 Å². The Hall–Kier alpha value is -0.160. The summed E-state index contributed by atoms with van der Waals surface area (Å²) in [4.78, 5) is 0. The molecule has 0 aromatic heterocycles. The van der Waals surface area contributed by atoms with Crippen molar-refractivity contribution in [2.75, 3.05) is 32.9 Å². The van der Waals surface area contributed by atoms with E-state index in [2.05, 4.69) is 38.3 Å². The first-order chi connectivity index (χ1) is 8.51. The molecule has 0 aliphatic carbocycles. The molecule has 2 aliphatic heterocycles. The third-order valence-electron chi connectivity index (χ3n) is 4.50. The molecule has 3 atom stereocenters. The minimum absolute atomic E-state index is 0.141. The summed E-state index contributed by atoms with van der Waals surface area (Å²) in [5.74, 6) is 0.581. The number of rotatable bonds is 3. The monoisotopic (exact) mass is 256 g/mol. The molecule has 4 heteroatoms. The van der Waals surface area contributed by atoms with Gasteiger partial charge in [0.25, 0.3) is 0 Å². The van der Waals surface area contributed by atoms with Crippen molar-refractivity contribution >= 4 is 0 Å². The molecular weight excluding hydrogens is 228 g/mol. The van der Waals surface area contributed by atoms with Crippen molar-refractivity contribution < 1.29 is 9.47 Å². The summed E-state index contributed by atoms with van der Waals surface area (Å²) < 4.78 is 11.6. The maximum Gasteiger partial charge on any atom is 0.0723 e. The first kappa shape index (κ1) is 14.3. The molecule has 2 N–H and O–H groups in total. The molecule has 0 aromatic carbocycles. The topological polar surface area (TPSA) is 42.5 Å². The van der Waals surface area contributed by atoms with Gasteiger partial charge in [0.15, 0.2) is 0 Å². The Morgan fingerprint density at radius 1 is 1.11 bits per heavy atom. The Kier molecular flexibility index (Phi) is 4.64. The van der Waals surface area contributed by atoms with Gasteiger partial charge in [-0.3, -0.25) is 0 Å². The van der Waals surface area contributed by atoms with Crippen molar-refractivity contribution in [1.82, 2.24) is 10.6 Å². The SMILES string of the molecule is CC(C)C1CNC(C(C)(C)C2COCCN2)CO1. The Morgan fingerprint density at radius 2 is 1.83 bits per heavy atom. The third-order valence-corrected chi connectivity index (χ3v) is 4.50. The third kappa shape index (κ3) is 3.05. The Labute approximate surface area is 111 Å². The fourth-order valence-corrected chi connectivity index (χ4v) is 2.79. The molecule has 0 amide bonds. The standard InChI is InChI=1S/C14H28N2O2/c1-10(2)11-7-16-13(9-18-11)14(3,4)12-8-17-6-5-15-12/h10-13,15-16H,5-9H2,1-4H3. The average molecular weight is 256 g/mol. The van der Waals surface area contributed by atoms with Crippen LogP contribution < -0.4 is 10.6 Å². The summed E-state index contributed by atoms with van der Waals surface area (Å²) in [5, 5.41) is 7.24. The van der Waals surface area contributed by atoms with Gasteiger partial charge in [-0.1, -0.05) is 27.7 Å². The molecular formula is C14H28N2O2. The summed E-state index contributed by atoms with van der Waals surface area (Å²) in [5.41, 5.74) is 0.141. The Balaban J connectivity index is 1.90. The summed E-state index contributed by atoms with van der Waals surface area (Å²) in [6.07, 6.45) is 0.354. The smallest absolute Gasteiger partial charge is 0.0723 e. The van der Waals surface area contributed by atoms with Crippen molar-refractivity contribution in [2.45, 2.75) is 45.9 Å². The summed E-state index contributed by atoms with van der Waals surface area (Å²) in [7, 11) is 0. The molecule has 0 bridgehead atoms. The normalized spacial score (nSPS) is 34.8. The Bertz CT molecular complexity index is 255. The summed E-state index contributed by atoms with van der Waals surface area (Å²) in [6.45, 7) is 13.4. The molecule has 4 nitrogen and oxygen atoms in total. The lowest BCUT2D eigenvalue weighted by Gasteiger charge is -2.46. The van der Waals surface area contributed by atoms with Crippen molar-refractivity contribution in [3.63, 3.8) is 0 Å². The number of morpholine rings is 2. The highest BCUT2D eigenvalue weighted by Crippen LogP contribution is 2.29. The van der Waals surface area contributed by atoms with Gasteiger partial charge >= 0.3 is 0 Å². The van der Waals surface area contributed by atoms with Crippen LogP contribution in [0.15, 0.2) is 0 Å². The molecule has 0 spiro atoms. The van der Waals surface area contributed by atoms with E-state index in [1.165, 1.54) is 0 Å². The van der Waals surface area contributed by atoms with Gasteiger partial charge in [-0.2, -0.15) is 0 Å². The predicted octanol–water partition coefficient (Wildman–Crippen LogP) is 1.01. The molecule has 2 aliphatic rings. The quantitative estimate of drug-likeness (QED) is 0.791. The fraction of sp³-hybridized carbons (Fsp3) is 1.00. The minimum Gasteiger partial charge on any atom is -0.378 e. The zero-order chi connectivity index (χ0) is 13.2. The molecule has 0 saturated carbocycles. The van der Waals surface area contributed by atoms with Crippen molar-refractivity contribution in [3.8, 4) is 0 Å². The molecule has 0 aromatic rings. The van der Waals surface area contributed by atoms with E-state index >= 15 is 0 Å². The van der Waals surface area contributed by atoms with Gasteiger partial charge < -0.3 is 20.1 Å². The largest absolute Gasteiger partial charge is 0.378 e. The molecule has 2 fully saturated rings. The van der Waals surface area contributed by atoms with Crippen LogP contribution in [0.2, 0.25) is 0 Å². The van der Waals surface area contributed by atoms with E-state index in [1.54, 1.807) is 0 Å². The minimum atomic E-state index is 0.141. The molecule has 3 unspecified atom stereocenters. The van der Waals surface area contributed by atoms with Crippen LogP contribution in [0, 0.1) is 11.3 Å². The van der Waals surface area contributed by atoms with Gasteiger partial charge in [-0.25, -0.2) is 0 Å². The lowest BCUT2D eigenvalue weighted by molar-refractivity contribution is -0.0636. The van der Waals surface area contributed by atoms with E-state index in [4.69, 9.17) is 9.47 Å². The summed E-state index contributed by atoms with van der Waals surface area (Å²) in [6, 6.07) is 0.801. The van der Waals surface area contributed by atoms with Crippen LogP contribution in [0.25, 0.3) is 0 Å². The van der Waals surface area contributed by atoms with E-state index in [-0.39, 0.29) is 5.41 Å². The number of nitrogens with one attached hydrogen (secondary N) is 2. The average Bonchev–Trinajstić information content (AvgIpc) is 2.40. The second kappa shape index (κ2) is 5.87. The van der Waals surface area contributed by atoms with E-state index < -0.39 is 0 Å². The highest BCUT2D eigenvalue weighted by atomic mass is 16.5. The van der Waals surface area contributed by atoms with Crippen LogP contribution in [0.3, 0.4) is 0 Å². The number of hydrogen-bond donors (Lipinski definition) is 2. The first-order valence-electron chi connectivity index (χ1n) is 7.18. The van der Waals surface area contributed by atoms with Crippen LogP contribution in [-0.4, -0.2) is 51.1 Å². The predicted molar refractivity (Wildman–Crippen MR) is 72.8 cm³/mol. The molecule has 0 radical (unpaired) electrons. The van der Waals surface area contributed by atoms with Gasteiger partial charge in [0.05, 0.1) is 25.9 Å². The zero-order valence-corrected chi connectivity index (χ0v) is 12.2. The lowest BCUT2D eigenvalue weighted by atomic mass is 9.76. The summed E-state index contributed by atoms with van der Waals surface area (Å²) >= 11 is 0. The van der Waals surface area contributed by atoms with E-state index in [1.807, 2.05) is 0 Å². The van der Waals surface area contributed by atoms with Crippen LogP contribution >= 0.6 is 0 Å². The van der Waals surface area contributed by atoms with Crippen LogP contribution in [0.1, 0.15) is 27.7 Å². The van der Waals surface area contributed by atoms with E-state index in [0.717, 1.165) is 32.9 Å². The highest BCUT2D eigenvalue weighted by Gasteiger charge is 2.40. The van der Waals surface area contributed by atoms with Crippen molar-refractivity contribution in [1.29, 1.82) is 0 Å². The van der Waals surface area contributed by atoms with Crippen LogP contribution in [-0.2, 0) is 9.47 Å². The number of ether oxygens (including phenoxy) is 2. The van der Waals surface area contributed by atoms with Crippen LogP contribution in [0.4, 0.5) is 0 Å². The lowest BCUT2D eigenvalue weighted by Crippen LogP contribution is -2.62. The maximum atomic E-state index is 6.00. The molecule has 2 heterocycles. The molecule has 2 saturated heterocycles. The second-order valence-electron chi connectivity index (χ2n) is 6.48. The van der Waals surface area contributed by atoms with E-state index in [9.17, 15) is 0 Å². The maximum absolute atomic E-state index is 6.00.